The molecule has 0 spiro atoms. The number of hydrogen-bond acceptors (Lipinski definition) is 4. The van der Waals surface area contributed by atoms with E-state index in [9.17, 15) is 4.79 Å². The molecule has 0 saturated heterocycles. The maximum atomic E-state index is 13.6. The minimum absolute atomic E-state index is 0.315. The van der Waals surface area contributed by atoms with Crippen LogP contribution in [-0.4, -0.2) is 30.2 Å². The van der Waals surface area contributed by atoms with E-state index in [2.05, 4.69) is 43.3 Å². The predicted octanol–water partition coefficient (Wildman–Crippen LogP) is 4.85. The fraction of sp³-hybridized carbons (Fsp3) is 0.296. The number of thioether (sulfide) groups is 1. The van der Waals surface area contributed by atoms with E-state index in [1.807, 2.05) is 60.9 Å². The standard InChI is InChI=1S/C27H34NO2PS/c1-3-4-21-31(23-14-8-5-9-15-23,24-16-10-6-11-17-24,25-18-12-7-13-19-25)30-27(29)26(28)20-22-32-2/h5-19,26H,3-4,20-22,28H2,1-2H3/t26-/m1/s1. The van der Waals surface area contributed by atoms with Gasteiger partial charge in [0.25, 0.3) is 0 Å². The summed E-state index contributed by atoms with van der Waals surface area (Å²) in [6, 6.07) is 30.3. The van der Waals surface area contributed by atoms with Crippen molar-refractivity contribution in [2.24, 2.45) is 5.73 Å². The third-order valence-corrected chi connectivity index (χ3v) is 12.6. The van der Waals surface area contributed by atoms with Crippen LogP contribution in [-0.2, 0) is 9.32 Å². The Bertz CT molecular complexity index is 883. The van der Waals surface area contributed by atoms with Crippen LogP contribution >= 0.6 is 18.6 Å². The second-order valence-corrected chi connectivity index (χ2v) is 13.7. The van der Waals surface area contributed by atoms with E-state index in [-0.39, 0.29) is 5.97 Å². The third-order valence-electron chi connectivity index (χ3n) is 6.07. The van der Waals surface area contributed by atoms with Gasteiger partial charge in [-0.3, -0.25) is 0 Å². The van der Waals surface area contributed by atoms with Crippen molar-refractivity contribution in [1.82, 2.24) is 0 Å². The molecule has 170 valence electrons. The molecular weight excluding hydrogens is 433 g/mol. The minimum atomic E-state index is -3.62. The zero-order valence-corrected chi connectivity index (χ0v) is 20.7. The van der Waals surface area contributed by atoms with Gasteiger partial charge in [-0.15, -0.1) is 0 Å². The number of hydrogen-bond donors (Lipinski definition) is 1. The Morgan fingerprint density at radius 2 is 1.31 bits per heavy atom. The molecule has 0 saturated carbocycles. The van der Waals surface area contributed by atoms with Crippen molar-refractivity contribution < 1.29 is 9.32 Å². The Hall–Kier alpha value is -2.13. The fourth-order valence-electron chi connectivity index (χ4n) is 4.36. The normalized spacial score (nSPS) is 13.7. The molecule has 0 aliphatic carbocycles. The molecule has 3 aromatic rings. The van der Waals surface area contributed by atoms with Crippen molar-refractivity contribution in [2.75, 3.05) is 18.2 Å². The molecule has 0 heterocycles. The van der Waals surface area contributed by atoms with Crippen LogP contribution in [0.3, 0.4) is 0 Å². The summed E-state index contributed by atoms with van der Waals surface area (Å²) in [6.45, 7) is -1.44. The molecule has 0 radical (unpaired) electrons. The molecule has 3 aromatic carbocycles. The Balaban J connectivity index is 2.36. The number of unbranched alkanes of at least 4 members (excludes halogenated alkanes) is 1. The van der Waals surface area contributed by atoms with Crippen molar-refractivity contribution in [3.8, 4) is 0 Å². The number of rotatable bonds is 11. The topological polar surface area (TPSA) is 52.3 Å². The van der Waals surface area contributed by atoms with E-state index < -0.39 is 12.9 Å². The number of carbonyl (C=O) groups is 1. The predicted molar refractivity (Wildman–Crippen MR) is 142 cm³/mol. The van der Waals surface area contributed by atoms with Gasteiger partial charge in [0.05, 0.1) is 0 Å². The second-order valence-electron chi connectivity index (χ2n) is 8.09. The van der Waals surface area contributed by atoms with E-state index in [4.69, 9.17) is 10.3 Å². The zero-order valence-electron chi connectivity index (χ0n) is 19.0. The maximum absolute atomic E-state index is 13.6. The van der Waals surface area contributed by atoms with Crippen LogP contribution in [0.25, 0.3) is 0 Å². The third kappa shape index (κ3) is 4.64. The van der Waals surface area contributed by atoms with Gasteiger partial charge in [0, 0.05) is 0 Å². The Morgan fingerprint density at radius 3 is 1.69 bits per heavy atom. The van der Waals surface area contributed by atoms with Crippen molar-refractivity contribution >= 4 is 40.5 Å². The second kappa shape index (κ2) is 11.1. The molecular formula is C27H34NO2PS. The van der Waals surface area contributed by atoms with Crippen LogP contribution < -0.4 is 21.6 Å². The summed E-state index contributed by atoms with van der Waals surface area (Å²) < 4.78 is 6.90. The van der Waals surface area contributed by atoms with Gasteiger partial charge < -0.3 is 0 Å². The van der Waals surface area contributed by atoms with Crippen molar-refractivity contribution in [3.05, 3.63) is 91.0 Å². The van der Waals surface area contributed by atoms with Crippen LogP contribution in [0, 0.1) is 0 Å². The van der Waals surface area contributed by atoms with Gasteiger partial charge in [0.2, 0.25) is 0 Å². The van der Waals surface area contributed by atoms with Crippen LogP contribution in [0.15, 0.2) is 91.0 Å². The van der Waals surface area contributed by atoms with Crippen LogP contribution in [0.5, 0.6) is 0 Å². The van der Waals surface area contributed by atoms with Crippen molar-refractivity contribution in [1.29, 1.82) is 0 Å². The number of carbonyl (C=O) groups excluding carboxylic acids is 1. The van der Waals surface area contributed by atoms with Crippen molar-refractivity contribution in [3.63, 3.8) is 0 Å². The van der Waals surface area contributed by atoms with Gasteiger partial charge in [0.1, 0.15) is 0 Å². The Morgan fingerprint density at radius 1 is 0.875 bits per heavy atom. The average Bonchev–Trinajstić information content (AvgIpc) is 2.86. The number of nitrogens with two attached hydrogens (primary N) is 1. The molecule has 0 aliphatic heterocycles. The molecule has 3 rings (SSSR count). The average molecular weight is 468 g/mol. The van der Waals surface area contributed by atoms with E-state index >= 15 is 0 Å². The van der Waals surface area contributed by atoms with Crippen LogP contribution in [0.2, 0.25) is 0 Å². The molecule has 32 heavy (non-hydrogen) atoms. The quantitative estimate of drug-likeness (QED) is 0.410. The first-order chi connectivity index (χ1) is 15.6. The summed E-state index contributed by atoms with van der Waals surface area (Å²) in [6.07, 6.45) is 5.31. The first kappa shape index (κ1) is 24.5. The first-order valence-electron chi connectivity index (χ1n) is 11.2. The zero-order chi connectivity index (χ0) is 22.9. The molecule has 5 heteroatoms. The summed E-state index contributed by atoms with van der Waals surface area (Å²) >= 11 is 1.69. The molecule has 0 fully saturated rings. The summed E-state index contributed by atoms with van der Waals surface area (Å²) in [5.41, 5.74) is 6.37. The molecule has 0 aromatic heterocycles. The summed E-state index contributed by atoms with van der Waals surface area (Å²) in [7, 11) is 0. The van der Waals surface area contributed by atoms with E-state index in [1.165, 1.54) is 0 Å². The fourth-order valence-corrected chi connectivity index (χ4v) is 10.8. The molecule has 0 aliphatic rings. The van der Waals surface area contributed by atoms with Gasteiger partial charge >= 0.3 is 197 Å². The van der Waals surface area contributed by atoms with E-state index in [0.29, 0.717) is 6.42 Å². The van der Waals surface area contributed by atoms with E-state index in [1.54, 1.807) is 11.8 Å². The molecule has 3 nitrogen and oxygen atoms in total. The Labute approximate surface area is 196 Å². The van der Waals surface area contributed by atoms with Gasteiger partial charge in [-0.1, -0.05) is 0 Å². The van der Waals surface area contributed by atoms with Gasteiger partial charge in [-0.05, 0) is 0 Å². The summed E-state index contributed by atoms with van der Waals surface area (Å²) in [5, 5.41) is 3.19. The van der Waals surface area contributed by atoms with E-state index in [0.717, 1.165) is 40.7 Å². The monoisotopic (exact) mass is 467 g/mol. The Kier molecular flexibility index (Phi) is 8.53. The van der Waals surface area contributed by atoms with Gasteiger partial charge in [0.15, 0.2) is 0 Å². The molecule has 0 unspecified atom stereocenters. The van der Waals surface area contributed by atoms with Crippen molar-refractivity contribution in [2.45, 2.75) is 32.2 Å². The molecule has 0 bridgehead atoms. The molecule has 0 amide bonds. The molecule has 2 N–H and O–H groups in total. The first-order valence-corrected chi connectivity index (χ1v) is 15.0. The van der Waals surface area contributed by atoms with Gasteiger partial charge in [-0.2, -0.15) is 0 Å². The molecule has 1 atom stereocenters. The van der Waals surface area contributed by atoms with Crippen LogP contribution in [0.1, 0.15) is 26.2 Å². The summed E-state index contributed by atoms with van der Waals surface area (Å²) in [4.78, 5) is 13.6. The summed E-state index contributed by atoms with van der Waals surface area (Å²) in [5.74, 6) is 0.507. The number of benzene rings is 3. The van der Waals surface area contributed by atoms with Crippen LogP contribution in [0.4, 0.5) is 0 Å². The SMILES string of the molecule is CCCCP(OC(=O)[C@H](N)CCSC)(c1ccccc1)(c1ccccc1)c1ccccc1. The van der Waals surface area contributed by atoms with Gasteiger partial charge in [-0.25, -0.2) is 0 Å².